The number of aliphatic carboxylic acids is 1. The zero-order valence-corrected chi connectivity index (χ0v) is 12.5. The summed E-state index contributed by atoms with van der Waals surface area (Å²) in [5.74, 6) is -1.50. The molecule has 1 atom stereocenters. The Morgan fingerprint density at radius 2 is 2.05 bits per heavy atom. The molecule has 104 valence electrons. The number of benzene rings is 2. The van der Waals surface area contributed by atoms with E-state index in [1.807, 2.05) is 0 Å². The van der Waals surface area contributed by atoms with Crippen LogP contribution in [0, 0.1) is 5.82 Å². The van der Waals surface area contributed by atoms with Crippen molar-refractivity contribution in [1.82, 2.24) is 0 Å². The van der Waals surface area contributed by atoms with Crippen molar-refractivity contribution in [2.45, 2.75) is 6.04 Å². The number of hydrogen-bond donors (Lipinski definition) is 2. The maximum atomic E-state index is 13.1. The molecule has 2 N–H and O–H groups in total. The average Bonchev–Trinajstić information content (AvgIpc) is 2.39. The van der Waals surface area contributed by atoms with Gasteiger partial charge in [-0.05, 0) is 51.8 Å². The van der Waals surface area contributed by atoms with E-state index in [0.717, 1.165) is 0 Å². The number of carboxylic acids is 1. The monoisotopic (exact) mass is 357 g/mol. The van der Waals surface area contributed by atoms with Gasteiger partial charge in [-0.1, -0.05) is 23.7 Å². The molecule has 20 heavy (non-hydrogen) atoms. The van der Waals surface area contributed by atoms with Crippen molar-refractivity contribution < 1.29 is 14.3 Å². The zero-order valence-electron chi connectivity index (χ0n) is 10.1. The summed E-state index contributed by atoms with van der Waals surface area (Å²) in [5, 5.41) is 12.6. The van der Waals surface area contributed by atoms with Crippen molar-refractivity contribution in [3.8, 4) is 0 Å². The molecule has 2 aromatic rings. The second-order valence-corrected chi connectivity index (χ2v) is 5.36. The van der Waals surface area contributed by atoms with Crippen LogP contribution >= 0.6 is 27.5 Å². The molecule has 3 nitrogen and oxygen atoms in total. The summed E-state index contributed by atoms with van der Waals surface area (Å²) >= 11 is 9.13. The minimum absolute atomic E-state index is 0.392. The maximum absolute atomic E-state index is 13.1. The Morgan fingerprint density at radius 3 is 2.65 bits per heavy atom. The van der Waals surface area contributed by atoms with E-state index in [-0.39, 0.29) is 0 Å². The Bertz CT molecular complexity index is 651. The molecule has 2 aromatic carbocycles. The first-order chi connectivity index (χ1) is 9.47. The highest BCUT2D eigenvalue weighted by molar-refractivity contribution is 9.10. The fourth-order valence-electron chi connectivity index (χ4n) is 1.72. The molecular weight excluding hydrogens is 349 g/mol. The lowest BCUT2D eigenvalue weighted by atomic mass is 10.1. The molecule has 0 bridgehead atoms. The molecule has 0 aromatic heterocycles. The lowest BCUT2D eigenvalue weighted by Gasteiger charge is -2.16. The second kappa shape index (κ2) is 6.24. The summed E-state index contributed by atoms with van der Waals surface area (Å²) in [6, 6.07) is 9.47. The molecule has 0 aliphatic carbocycles. The number of carbonyl (C=O) groups is 1. The fraction of sp³-hybridized carbons (Fsp3) is 0.0714. The summed E-state index contributed by atoms with van der Waals surface area (Å²) < 4.78 is 13.7. The molecule has 0 radical (unpaired) electrons. The van der Waals surface area contributed by atoms with Gasteiger partial charge in [0.1, 0.15) is 5.82 Å². The molecule has 1 unspecified atom stereocenters. The van der Waals surface area contributed by atoms with Gasteiger partial charge < -0.3 is 10.4 Å². The van der Waals surface area contributed by atoms with E-state index in [9.17, 15) is 14.3 Å². The predicted molar refractivity (Wildman–Crippen MR) is 79.6 cm³/mol. The van der Waals surface area contributed by atoms with Crippen LogP contribution in [0.25, 0.3) is 0 Å². The summed E-state index contributed by atoms with van der Waals surface area (Å²) in [7, 11) is 0. The minimum atomic E-state index is -1.07. The van der Waals surface area contributed by atoms with Crippen LogP contribution in [0.4, 0.5) is 10.1 Å². The molecule has 0 heterocycles. The molecule has 6 heteroatoms. The van der Waals surface area contributed by atoms with Crippen LogP contribution in [-0.4, -0.2) is 11.1 Å². The second-order valence-electron chi connectivity index (χ2n) is 4.10. The Kier molecular flexibility index (Phi) is 4.62. The standard InChI is InChI=1S/C14H10BrClFNO2/c15-11-6-8(4-5-12(11)16)13(14(19)20)18-10-3-1-2-9(17)7-10/h1-7,13,18H,(H,19,20). The number of rotatable bonds is 4. The molecular formula is C14H10BrClFNO2. The molecule has 0 aliphatic heterocycles. The van der Waals surface area contributed by atoms with E-state index < -0.39 is 17.8 Å². The highest BCUT2D eigenvalue weighted by atomic mass is 79.9. The predicted octanol–water partition coefficient (Wildman–Crippen LogP) is 4.48. The van der Waals surface area contributed by atoms with Gasteiger partial charge in [0.2, 0.25) is 0 Å². The van der Waals surface area contributed by atoms with Crippen LogP contribution in [0.2, 0.25) is 5.02 Å². The number of anilines is 1. The van der Waals surface area contributed by atoms with Crippen molar-refractivity contribution in [2.75, 3.05) is 5.32 Å². The Hall–Kier alpha value is -1.59. The first kappa shape index (κ1) is 14.8. The van der Waals surface area contributed by atoms with E-state index in [4.69, 9.17) is 11.6 Å². The van der Waals surface area contributed by atoms with E-state index in [1.165, 1.54) is 18.2 Å². The van der Waals surface area contributed by atoms with Crippen LogP contribution in [0.5, 0.6) is 0 Å². The zero-order chi connectivity index (χ0) is 14.7. The first-order valence-electron chi connectivity index (χ1n) is 5.67. The quantitative estimate of drug-likeness (QED) is 0.847. The highest BCUT2D eigenvalue weighted by Gasteiger charge is 2.20. The maximum Gasteiger partial charge on any atom is 0.330 e. The van der Waals surface area contributed by atoms with Crippen LogP contribution in [0.15, 0.2) is 46.9 Å². The van der Waals surface area contributed by atoms with E-state index in [0.29, 0.717) is 20.7 Å². The molecule has 0 spiro atoms. The number of halogens is 3. The van der Waals surface area contributed by atoms with Gasteiger partial charge in [-0.3, -0.25) is 0 Å². The molecule has 0 saturated carbocycles. The van der Waals surface area contributed by atoms with Crippen molar-refractivity contribution in [1.29, 1.82) is 0 Å². The SMILES string of the molecule is O=C(O)C(Nc1cccc(F)c1)c1ccc(Cl)c(Br)c1. The summed E-state index contributed by atoms with van der Waals surface area (Å²) in [6.45, 7) is 0. The molecule has 2 rings (SSSR count). The van der Waals surface area contributed by atoms with Crippen LogP contribution < -0.4 is 5.32 Å². The van der Waals surface area contributed by atoms with Gasteiger partial charge in [-0.2, -0.15) is 0 Å². The fourth-order valence-corrected chi connectivity index (χ4v) is 2.24. The van der Waals surface area contributed by atoms with Crippen molar-refractivity contribution >= 4 is 39.2 Å². The highest BCUT2D eigenvalue weighted by Crippen LogP contribution is 2.28. The molecule has 0 saturated heterocycles. The third-order valence-corrected chi connectivity index (χ3v) is 3.87. The van der Waals surface area contributed by atoms with E-state index in [2.05, 4.69) is 21.2 Å². The van der Waals surface area contributed by atoms with Gasteiger partial charge in [-0.15, -0.1) is 0 Å². The van der Waals surface area contributed by atoms with Crippen molar-refractivity contribution in [2.24, 2.45) is 0 Å². The topological polar surface area (TPSA) is 49.3 Å². The van der Waals surface area contributed by atoms with Gasteiger partial charge in [-0.25, -0.2) is 9.18 Å². The van der Waals surface area contributed by atoms with Gasteiger partial charge in [0.05, 0.1) is 5.02 Å². The van der Waals surface area contributed by atoms with Crippen molar-refractivity contribution in [3.05, 3.63) is 63.3 Å². The molecule has 0 fully saturated rings. The smallest absolute Gasteiger partial charge is 0.330 e. The largest absolute Gasteiger partial charge is 0.479 e. The number of carboxylic acid groups (broad SMARTS) is 1. The van der Waals surface area contributed by atoms with E-state index >= 15 is 0 Å². The molecule has 0 amide bonds. The molecule has 0 aliphatic rings. The lowest BCUT2D eigenvalue weighted by Crippen LogP contribution is -2.20. The number of nitrogens with one attached hydrogen (secondary N) is 1. The van der Waals surface area contributed by atoms with Crippen molar-refractivity contribution in [3.63, 3.8) is 0 Å². The number of hydrogen-bond acceptors (Lipinski definition) is 2. The van der Waals surface area contributed by atoms with Gasteiger partial charge >= 0.3 is 5.97 Å². The van der Waals surface area contributed by atoms with Gasteiger partial charge in [0.15, 0.2) is 6.04 Å². The minimum Gasteiger partial charge on any atom is -0.479 e. The summed E-state index contributed by atoms with van der Waals surface area (Å²) in [5.41, 5.74) is 0.904. The Labute approximate surface area is 128 Å². The van der Waals surface area contributed by atoms with Gasteiger partial charge in [0, 0.05) is 10.2 Å². The van der Waals surface area contributed by atoms with E-state index in [1.54, 1.807) is 24.3 Å². The Balaban J connectivity index is 2.32. The van der Waals surface area contributed by atoms with Gasteiger partial charge in [0.25, 0.3) is 0 Å². The van der Waals surface area contributed by atoms with Crippen LogP contribution in [-0.2, 0) is 4.79 Å². The first-order valence-corrected chi connectivity index (χ1v) is 6.84. The van der Waals surface area contributed by atoms with Crippen LogP contribution in [0.3, 0.4) is 0 Å². The third kappa shape index (κ3) is 3.49. The normalized spacial score (nSPS) is 11.9. The summed E-state index contributed by atoms with van der Waals surface area (Å²) in [4.78, 5) is 11.4. The van der Waals surface area contributed by atoms with Crippen LogP contribution in [0.1, 0.15) is 11.6 Å². The lowest BCUT2D eigenvalue weighted by molar-refractivity contribution is -0.138. The Morgan fingerprint density at radius 1 is 1.30 bits per heavy atom. The summed E-state index contributed by atoms with van der Waals surface area (Å²) in [6.07, 6.45) is 0. The average molecular weight is 359 g/mol. The third-order valence-electron chi connectivity index (χ3n) is 2.66.